The third-order valence-corrected chi connectivity index (χ3v) is 5.12. The Morgan fingerprint density at radius 1 is 1.00 bits per heavy atom. The van der Waals surface area contributed by atoms with Gasteiger partial charge in [0.2, 0.25) is 0 Å². The lowest BCUT2D eigenvalue weighted by atomic mass is 10.0. The molecule has 0 bridgehead atoms. The number of benzene rings is 2. The molecule has 144 valence electrons. The summed E-state index contributed by atoms with van der Waals surface area (Å²) in [7, 11) is 0. The van der Waals surface area contributed by atoms with Crippen molar-refractivity contribution < 1.29 is 9.47 Å². The highest BCUT2D eigenvalue weighted by Crippen LogP contribution is 2.37. The lowest BCUT2D eigenvalue weighted by Crippen LogP contribution is -2.07. The van der Waals surface area contributed by atoms with E-state index in [1.165, 1.54) is 5.56 Å². The summed E-state index contributed by atoms with van der Waals surface area (Å²) in [6.45, 7) is 10.1. The van der Waals surface area contributed by atoms with Crippen molar-refractivity contribution in [1.29, 1.82) is 0 Å². The summed E-state index contributed by atoms with van der Waals surface area (Å²) in [5, 5.41) is 2.57. The van der Waals surface area contributed by atoms with Crippen molar-refractivity contribution in [2.45, 2.75) is 65.2 Å². The first-order chi connectivity index (χ1) is 12.6. The lowest BCUT2D eigenvalue weighted by molar-refractivity contribution is 0.270. The fourth-order valence-corrected chi connectivity index (χ4v) is 3.18. The summed E-state index contributed by atoms with van der Waals surface area (Å²) in [5.74, 6) is 2.48. The molecule has 0 spiro atoms. The van der Waals surface area contributed by atoms with Crippen LogP contribution in [0, 0.1) is 5.92 Å². The summed E-state index contributed by atoms with van der Waals surface area (Å²) < 4.78 is 12.3. The molecule has 1 unspecified atom stereocenters. The third kappa shape index (κ3) is 5.81. The normalized spacial score (nSPS) is 12.5. The number of rotatable bonds is 11. The number of alkyl halides is 1. The van der Waals surface area contributed by atoms with Gasteiger partial charge in [-0.15, -0.1) is 11.6 Å². The number of ether oxygens (including phenoxy) is 2. The Balaban J connectivity index is 2.15. The highest BCUT2D eigenvalue weighted by atomic mass is 35.5. The monoisotopic (exact) mass is 376 g/mol. The second-order valence-electron chi connectivity index (χ2n) is 7.32. The Bertz CT molecular complexity index is 681. The summed E-state index contributed by atoms with van der Waals surface area (Å²) in [6.07, 6.45) is 5.16. The zero-order valence-corrected chi connectivity index (χ0v) is 17.4. The molecule has 0 fully saturated rings. The SMILES string of the molecule is CCc1cc(OCCCCC(Cl)CC)c2ccccc2c1OCC(C)C. The highest BCUT2D eigenvalue weighted by molar-refractivity contribution is 6.20. The predicted octanol–water partition coefficient (Wildman–Crippen LogP) is 7.00. The third-order valence-electron chi connectivity index (χ3n) is 4.59. The molecule has 1 atom stereocenters. The average Bonchev–Trinajstić information content (AvgIpc) is 2.65. The number of hydrogen-bond acceptors (Lipinski definition) is 2. The molecule has 0 aliphatic carbocycles. The van der Waals surface area contributed by atoms with Crippen molar-refractivity contribution in [2.24, 2.45) is 5.92 Å². The van der Waals surface area contributed by atoms with Gasteiger partial charge in [0.1, 0.15) is 11.5 Å². The van der Waals surface area contributed by atoms with E-state index in [0.717, 1.165) is 67.6 Å². The molecule has 0 radical (unpaired) electrons. The molecular weight excluding hydrogens is 344 g/mol. The van der Waals surface area contributed by atoms with E-state index < -0.39 is 0 Å². The lowest BCUT2D eigenvalue weighted by Gasteiger charge is -2.18. The minimum Gasteiger partial charge on any atom is -0.493 e. The quantitative estimate of drug-likeness (QED) is 0.310. The van der Waals surface area contributed by atoms with E-state index in [9.17, 15) is 0 Å². The Morgan fingerprint density at radius 3 is 2.38 bits per heavy atom. The summed E-state index contributed by atoms with van der Waals surface area (Å²) in [5.41, 5.74) is 1.21. The van der Waals surface area contributed by atoms with Crippen LogP contribution in [0.4, 0.5) is 0 Å². The van der Waals surface area contributed by atoms with Gasteiger partial charge < -0.3 is 9.47 Å². The van der Waals surface area contributed by atoms with Crippen LogP contribution in [0.5, 0.6) is 11.5 Å². The zero-order valence-electron chi connectivity index (χ0n) is 16.7. The summed E-state index contributed by atoms with van der Waals surface area (Å²) in [4.78, 5) is 0. The molecule has 0 saturated carbocycles. The van der Waals surface area contributed by atoms with Crippen LogP contribution in [0.3, 0.4) is 0 Å². The van der Waals surface area contributed by atoms with E-state index in [1.54, 1.807) is 0 Å². The van der Waals surface area contributed by atoms with Crippen LogP contribution in [0.25, 0.3) is 10.8 Å². The first kappa shape index (κ1) is 20.9. The van der Waals surface area contributed by atoms with Gasteiger partial charge in [-0.1, -0.05) is 52.0 Å². The molecule has 2 nitrogen and oxygen atoms in total. The van der Waals surface area contributed by atoms with Crippen molar-refractivity contribution in [1.82, 2.24) is 0 Å². The molecule has 0 heterocycles. The van der Waals surface area contributed by atoms with Crippen LogP contribution < -0.4 is 9.47 Å². The molecule has 0 aromatic heterocycles. The molecule has 0 aliphatic rings. The van der Waals surface area contributed by atoms with E-state index in [-0.39, 0.29) is 0 Å². The summed E-state index contributed by atoms with van der Waals surface area (Å²) >= 11 is 6.19. The van der Waals surface area contributed by atoms with E-state index >= 15 is 0 Å². The molecule has 2 aromatic carbocycles. The fourth-order valence-electron chi connectivity index (χ4n) is 3.03. The first-order valence-corrected chi connectivity index (χ1v) is 10.4. The second kappa shape index (κ2) is 10.7. The number of aryl methyl sites for hydroxylation is 1. The first-order valence-electron chi connectivity index (χ1n) is 10.0. The van der Waals surface area contributed by atoms with Gasteiger partial charge in [-0.2, -0.15) is 0 Å². The number of fused-ring (bicyclic) bond motifs is 1. The molecule has 0 saturated heterocycles. The van der Waals surface area contributed by atoms with Crippen LogP contribution in [0.2, 0.25) is 0 Å². The van der Waals surface area contributed by atoms with Crippen molar-refractivity contribution in [3.05, 3.63) is 35.9 Å². The van der Waals surface area contributed by atoms with E-state index in [2.05, 4.69) is 58.0 Å². The average molecular weight is 377 g/mol. The minimum absolute atomic E-state index is 0.292. The number of unbranched alkanes of at least 4 members (excludes halogenated alkanes) is 1. The minimum atomic E-state index is 0.292. The van der Waals surface area contributed by atoms with Crippen LogP contribution in [-0.4, -0.2) is 18.6 Å². The Kier molecular flexibility index (Phi) is 8.58. The fraction of sp³-hybridized carbons (Fsp3) is 0.565. The molecule has 3 heteroatoms. The van der Waals surface area contributed by atoms with Gasteiger partial charge >= 0.3 is 0 Å². The van der Waals surface area contributed by atoms with Crippen LogP contribution in [-0.2, 0) is 6.42 Å². The Morgan fingerprint density at radius 2 is 1.73 bits per heavy atom. The maximum atomic E-state index is 6.19. The van der Waals surface area contributed by atoms with Crippen molar-refractivity contribution >= 4 is 22.4 Å². The predicted molar refractivity (Wildman–Crippen MR) is 113 cm³/mol. The van der Waals surface area contributed by atoms with E-state index in [1.807, 2.05) is 0 Å². The Hall–Kier alpha value is -1.41. The van der Waals surface area contributed by atoms with Crippen molar-refractivity contribution in [2.75, 3.05) is 13.2 Å². The standard InChI is InChI=1S/C23H33ClO2/c1-5-18-15-22(25-14-10-9-11-19(24)6-2)20-12-7-8-13-21(20)23(18)26-16-17(3)4/h7-8,12-13,15,17,19H,5-6,9-11,14,16H2,1-4H3. The molecule has 2 aromatic rings. The molecular formula is C23H33ClO2. The molecule has 0 amide bonds. The van der Waals surface area contributed by atoms with Crippen LogP contribution in [0.15, 0.2) is 30.3 Å². The Labute approximate surface area is 163 Å². The maximum absolute atomic E-state index is 6.19. The molecule has 26 heavy (non-hydrogen) atoms. The van der Waals surface area contributed by atoms with Gasteiger partial charge in [-0.3, -0.25) is 0 Å². The topological polar surface area (TPSA) is 18.5 Å². The van der Waals surface area contributed by atoms with Gasteiger partial charge in [0.05, 0.1) is 13.2 Å². The van der Waals surface area contributed by atoms with E-state index in [4.69, 9.17) is 21.1 Å². The largest absolute Gasteiger partial charge is 0.493 e. The van der Waals surface area contributed by atoms with Gasteiger partial charge in [-0.25, -0.2) is 0 Å². The van der Waals surface area contributed by atoms with Crippen LogP contribution in [0.1, 0.15) is 58.9 Å². The van der Waals surface area contributed by atoms with Crippen LogP contribution >= 0.6 is 11.6 Å². The van der Waals surface area contributed by atoms with Gasteiger partial charge in [0.25, 0.3) is 0 Å². The highest BCUT2D eigenvalue weighted by Gasteiger charge is 2.14. The molecule has 0 aliphatic heterocycles. The van der Waals surface area contributed by atoms with Gasteiger partial charge in [0, 0.05) is 16.1 Å². The van der Waals surface area contributed by atoms with Gasteiger partial charge in [0.15, 0.2) is 0 Å². The number of hydrogen-bond donors (Lipinski definition) is 0. The second-order valence-corrected chi connectivity index (χ2v) is 7.93. The van der Waals surface area contributed by atoms with E-state index in [0.29, 0.717) is 11.3 Å². The smallest absolute Gasteiger partial charge is 0.130 e. The molecule has 2 rings (SSSR count). The number of halogens is 1. The zero-order chi connectivity index (χ0) is 18.9. The molecule has 0 N–H and O–H groups in total. The van der Waals surface area contributed by atoms with Gasteiger partial charge in [-0.05, 0) is 49.7 Å². The maximum Gasteiger partial charge on any atom is 0.130 e. The summed E-state index contributed by atoms with van der Waals surface area (Å²) in [6, 6.07) is 10.6. The van der Waals surface area contributed by atoms with Crippen molar-refractivity contribution in [3.63, 3.8) is 0 Å². The van der Waals surface area contributed by atoms with Crippen molar-refractivity contribution in [3.8, 4) is 11.5 Å².